The zero-order valence-electron chi connectivity index (χ0n) is 20.2. The average Bonchev–Trinajstić information content (AvgIpc) is 2.80. The van der Waals surface area contributed by atoms with E-state index < -0.39 is 0 Å². The fraction of sp³-hybridized carbons (Fsp3) is 0.966. The third kappa shape index (κ3) is 5.64. The summed E-state index contributed by atoms with van der Waals surface area (Å²) >= 11 is 0. The zero-order chi connectivity index (χ0) is 21.0. The smallest absolute Gasteiger partial charge is 0.0689 e. The Morgan fingerprint density at radius 1 is 0.600 bits per heavy atom. The van der Waals surface area contributed by atoms with Gasteiger partial charge in [0.1, 0.15) is 0 Å². The maximum Gasteiger partial charge on any atom is 0.0689 e. The van der Waals surface area contributed by atoms with Crippen LogP contribution in [0.25, 0.3) is 0 Å². The summed E-state index contributed by atoms with van der Waals surface area (Å²) in [5, 5.41) is 10.1. The first kappa shape index (κ1) is 22.7. The van der Waals surface area contributed by atoms with Crippen LogP contribution in [0, 0.1) is 58.2 Å². The standard InChI is InChI=1S/C29H49N/c1-22-3-9-25(10-4-22)27-13-7-24(8-14-27)15-18-29(21-30)19-16-28(17-20-29)26-11-5-23(2)6-12-26/h22-28H,3-20H2,1-2H3. The summed E-state index contributed by atoms with van der Waals surface area (Å²) in [7, 11) is 0. The molecule has 4 rings (SSSR count). The lowest BCUT2D eigenvalue weighted by atomic mass is 9.62. The second-order valence-electron chi connectivity index (χ2n) is 12.6. The average molecular weight is 412 g/mol. The largest absolute Gasteiger partial charge is 0.198 e. The molecule has 0 aromatic heterocycles. The summed E-state index contributed by atoms with van der Waals surface area (Å²) in [6.07, 6.45) is 25.4. The minimum atomic E-state index is 0.0365. The van der Waals surface area contributed by atoms with Crippen molar-refractivity contribution < 1.29 is 0 Å². The Kier molecular flexibility index (Phi) is 7.86. The van der Waals surface area contributed by atoms with E-state index in [0.717, 1.165) is 41.4 Å². The van der Waals surface area contributed by atoms with Crippen molar-refractivity contribution in [3.05, 3.63) is 0 Å². The van der Waals surface area contributed by atoms with E-state index in [1.54, 1.807) is 0 Å². The van der Waals surface area contributed by atoms with Gasteiger partial charge in [-0.15, -0.1) is 0 Å². The highest BCUT2D eigenvalue weighted by Crippen LogP contribution is 2.49. The second-order valence-corrected chi connectivity index (χ2v) is 12.6. The van der Waals surface area contributed by atoms with Crippen LogP contribution in [0.3, 0.4) is 0 Å². The van der Waals surface area contributed by atoms with Crippen LogP contribution in [0.1, 0.15) is 129 Å². The molecule has 170 valence electrons. The van der Waals surface area contributed by atoms with Crippen molar-refractivity contribution in [2.24, 2.45) is 46.8 Å². The first-order chi connectivity index (χ1) is 14.6. The Morgan fingerprint density at radius 3 is 1.43 bits per heavy atom. The lowest BCUT2D eigenvalue weighted by Gasteiger charge is -2.41. The molecule has 0 amide bonds. The molecule has 1 heteroatoms. The van der Waals surface area contributed by atoms with Crippen LogP contribution in [0.2, 0.25) is 0 Å². The van der Waals surface area contributed by atoms with Gasteiger partial charge in [0, 0.05) is 0 Å². The molecule has 0 bridgehead atoms. The normalized spacial score (nSPS) is 45.6. The van der Waals surface area contributed by atoms with Crippen LogP contribution in [0.15, 0.2) is 0 Å². The lowest BCUT2D eigenvalue weighted by molar-refractivity contribution is 0.107. The van der Waals surface area contributed by atoms with Crippen LogP contribution in [-0.4, -0.2) is 0 Å². The Bertz CT molecular complexity index is 541. The highest BCUT2D eigenvalue weighted by molar-refractivity contribution is 5.02. The lowest BCUT2D eigenvalue weighted by Crippen LogP contribution is -2.31. The molecule has 0 atom stereocenters. The molecule has 0 aromatic carbocycles. The van der Waals surface area contributed by atoms with Crippen molar-refractivity contribution in [1.29, 1.82) is 5.26 Å². The van der Waals surface area contributed by atoms with Gasteiger partial charge < -0.3 is 0 Å². The summed E-state index contributed by atoms with van der Waals surface area (Å²) in [6, 6.07) is 2.85. The van der Waals surface area contributed by atoms with E-state index in [0.29, 0.717) is 0 Å². The van der Waals surface area contributed by atoms with Gasteiger partial charge in [-0.05, 0) is 118 Å². The van der Waals surface area contributed by atoms with E-state index >= 15 is 0 Å². The number of rotatable bonds is 5. The summed E-state index contributed by atoms with van der Waals surface area (Å²) in [5.41, 5.74) is 0.0365. The Morgan fingerprint density at radius 2 is 1.00 bits per heavy atom. The molecule has 0 unspecified atom stereocenters. The van der Waals surface area contributed by atoms with Crippen molar-refractivity contribution >= 4 is 0 Å². The van der Waals surface area contributed by atoms with E-state index in [9.17, 15) is 5.26 Å². The van der Waals surface area contributed by atoms with E-state index in [-0.39, 0.29) is 5.41 Å². The van der Waals surface area contributed by atoms with Crippen molar-refractivity contribution in [3.8, 4) is 6.07 Å². The molecular formula is C29H49N. The SMILES string of the molecule is CC1CCC(C2CCC(CCC3(C#N)CCC(C4CCC(C)CC4)CC3)CC2)CC1. The molecule has 4 saturated carbocycles. The van der Waals surface area contributed by atoms with Gasteiger partial charge in [-0.25, -0.2) is 0 Å². The summed E-state index contributed by atoms with van der Waals surface area (Å²) in [4.78, 5) is 0. The van der Waals surface area contributed by atoms with Crippen LogP contribution < -0.4 is 0 Å². The van der Waals surface area contributed by atoms with E-state index in [1.165, 1.54) is 116 Å². The highest BCUT2D eigenvalue weighted by Gasteiger charge is 2.39. The molecule has 4 aliphatic rings. The summed E-state index contributed by atoms with van der Waals surface area (Å²) < 4.78 is 0. The van der Waals surface area contributed by atoms with Gasteiger partial charge in [-0.3, -0.25) is 0 Å². The van der Waals surface area contributed by atoms with Gasteiger partial charge >= 0.3 is 0 Å². The number of hydrogen-bond donors (Lipinski definition) is 0. The topological polar surface area (TPSA) is 23.8 Å². The van der Waals surface area contributed by atoms with Crippen molar-refractivity contribution in [2.75, 3.05) is 0 Å². The number of nitriles is 1. The molecule has 0 N–H and O–H groups in total. The molecule has 4 fully saturated rings. The highest BCUT2D eigenvalue weighted by atomic mass is 14.5. The molecule has 0 saturated heterocycles. The quantitative estimate of drug-likeness (QED) is 0.443. The number of nitrogens with zero attached hydrogens (tertiary/aromatic N) is 1. The molecule has 0 aliphatic heterocycles. The molecule has 0 spiro atoms. The van der Waals surface area contributed by atoms with E-state index in [1.807, 2.05) is 0 Å². The van der Waals surface area contributed by atoms with E-state index in [4.69, 9.17) is 0 Å². The van der Waals surface area contributed by atoms with Crippen molar-refractivity contribution in [3.63, 3.8) is 0 Å². The van der Waals surface area contributed by atoms with Gasteiger partial charge in [0.2, 0.25) is 0 Å². The van der Waals surface area contributed by atoms with E-state index in [2.05, 4.69) is 19.9 Å². The molecule has 1 nitrogen and oxygen atoms in total. The third-order valence-corrected chi connectivity index (χ3v) is 10.6. The fourth-order valence-electron chi connectivity index (χ4n) is 8.03. The van der Waals surface area contributed by atoms with Gasteiger partial charge in [0.15, 0.2) is 0 Å². The maximum atomic E-state index is 10.1. The predicted octanol–water partition coefficient (Wildman–Crippen LogP) is 8.93. The Labute approximate surface area is 187 Å². The minimum Gasteiger partial charge on any atom is -0.198 e. The molecule has 4 aliphatic carbocycles. The van der Waals surface area contributed by atoms with Crippen LogP contribution in [0.5, 0.6) is 0 Å². The van der Waals surface area contributed by atoms with Gasteiger partial charge in [-0.2, -0.15) is 5.26 Å². The summed E-state index contributed by atoms with van der Waals surface area (Å²) in [6.45, 7) is 4.88. The first-order valence-electron chi connectivity index (χ1n) is 14.0. The second kappa shape index (κ2) is 10.4. The molecule has 0 heterocycles. The van der Waals surface area contributed by atoms with Crippen molar-refractivity contribution in [1.82, 2.24) is 0 Å². The monoisotopic (exact) mass is 411 g/mol. The minimum absolute atomic E-state index is 0.0365. The Hall–Kier alpha value is -0.510. The van der Waals surface area contributed by atoms with Gasteiger partial charge in [0.05, 0.1) is 11.5 Å². The van der Waals surface area contributed by atoms with Crippen LogP contribution in [0.4, 0.5) is 0 Å². The van der Waals surface area contributed by atoms with Crippen LogP contribution >= 0.6 is 0 Å². The maximum absolute atomic E-state index is 10.1. The van der Waals surface area contributed by atoms with Crippen molar-refractivity contribution in [2.45, 2.75) is 129 Å². The Balaban J connectivity index is 1.18. The molecule has 0 aromatic rings. The molecular weight excluding hydrogens is 362 g/mol. The molecule has 0 radical (unpaired) electrons. The molecule has 30 heavy (non-hydrogen) atoms. The van der Waals surface area contributed by atoms with Crippen LogP contribution in [-0.2, 0) is 0 Å². The predicted molar refractivity (Wildman–Crippen MR) is 127 cm³/mol. The van der Waals surface area contributed by atoms with Gasteiger partial charge in [0.25, 0.3) is 0 Å². The third-order valence-electron chi connectivity index (χ3n) is 10.6. The zero-order valence-corrected chi connectivity index (χ0v) is 20.2. The first-order valence-corrected chi connectivity index (χ1v) is 14.0. The summed E-state index contributed by atoms with van der Waals surface area (Å²) in [5.74, 6) is 6.87. The number of hydrogen-bond acceptors (Lipinski definition) is 1. The fourth-order valence-corrected chi connectivity index (χ4v) is 8.03. The van der Waals surface area contributed by atoms with Gasteiger partial charge in [-0.1, -0.05) is 52.4 Å².